The number of anilines is 1. The van der Waals surface area contributed by atoms with Gasteiger partial charge in [0.05, 0.1) is 8.95 Å². The lowest BCUT2D eigenvalue weighted by Gasteiger charge is -2.10. The van der Waals surface area contributed by atoms with Gasteiger partial charge in [0.25, 0.3) is 0 Å². The minimum Gasteiger partial charge on any atom is -0.485 e. The number of halogens is 3. The van der Waals surface area contributed by atoms with Crippen molar-refractivity contribution in [3.63, 3.8) is 0 Å². The Hall–Kier alpha value is -0.180. The highest BCUT2D eigenvalue weighted by Gasteiger charge is 2.11. The van der Waals surface area contributed by atoms with Crippen LogP contribution in [0.15, 0.2) is 25.6 Å². The Morgan fingerprint density at radius 1 is 1.28 bits per heavy atom. The zero-order chi connectivity index (χ0) is 13.1. The number of rotatable bonds is 4. The largest absolute Gasteiger partial charge is 0.485 e. The van der Waals surface area contributed by atoms with Gasteiger partial charge in [0.15, 0.2) is 0 Å². The van der Waals surface area contributed by atoms with Crippen molar-refractivity contribution < 1.29 is 4.74 Å². The molecular formula is C10H8Br3N3OS. The molecule has 0 saturated heterocycles. The quantitative estimate of drug-likeness (QED) is 0.737. The second-order valence-electron chi connectivity index (χ2n) is 3.29. The van der Waals surface area contributed by atoms with Crippen LogP contribution in [-0.2, 0) is 6.61 Å². The van der Waals surface area contributed by atoms with Gasteiger partial charge in [-0.25, -0.2) is 0 Å². The van der Waals surface area contributed by atoms with Crippen molar-refractivity contribution in [3.8, 4) is 5.75 Å². The summed E-state index contributed by atoms with van der Waals surface area (Å²) in [5, 5.41) is 7.97. The van der Waals surface area contributed by atoms with Gasteiger partial charge in [-0.2, -0.15) is 0 Å². The van der Waals surface area contributed by atoms with E-state index in [1.165, 1.54) is 11.5 Å². The van der Waals surface area contributed by atoms with E-state index in [0.717, 1.165) is 29.9 Å². The van der Waals surface area contributed by atoms with Crippen LogP contribution >= 0.6 is 59.3 Å². The molecule has 18 heavy (non-hydrogen) atoms. The van der Waals surface area contributed by atoms with E-state index in [-0.39, 0.29) is 0 Å². The van der Waals surface area contributed by atoms with E-state index in [1.807, 2.05) is 19.2 Å². The van der Waals surface area contributed by atoms with Gasteiger partial charge in [-0.1, -0.05) is 20.4 Å². The highest BCUT2D eigenvalue weighted by Crippen LogP contribution is 2.37. The predicted octanol–water partition coefficient (Wildman–Crippen LogP) is 4.45. The summed E-state index contributed by atoms with van der Waals surface area (Å²) in [4.78, 5) is 0. The van der Waals surface area contributed by atoms with Crippen LogP contribution in [0.3, 0.4) is 0 Å². The molecule has 0 bridgehead atoms. The van der Waals surface area contributed by atoms with Crippen LogP contribution < -0.4 is 10.1 Å². The number of benzene rings is 1. The number of nitrogens with zero attached hydrogens (tertiary/aromatic N) is 2. The van der Waals surface area contributed by atoms with Crippen LogP contribution in [0, 0.1) is 0 Å². The van der Waals surface area contributed by atoms with Gasteiger partial charge in [-0.3, -0.25) is 0 Å². The molecule has 2 aromatic rings. The smallest absolute Gasteiger partial charge is 0.148 e. The molecule has 4 nitrogen and oxygen atoms in total. The molecule has 1 aromatic carbocycles. The summed E-state index contributed by atoms with van der Waals surface area (Å²) in [5.41, 5.74) is 0.796. The van der Waals surface area contributed by atoms with Crippen molar-refractivity contribution in [2.75, 3.05) is 12.4 Å². The monoisotopic (exact) mass is 455 g/mol. The molecule has 0 aliphatic carbocycles. The normalized spacial score (nSPS) is 10.4. The lowest BCUT2D eigenvalue weighted by molar-refractivity contribution is 0.298. The lowest BCUT2D eigenvalue weighted by atomic mass is 10.3. The first-order chi connectivity index (χ1) is 8.61. The van der Waals surface area contributed by atoms with E-state index in [4.69, 9.17) is 4.74 Å². The van der Waals surface area contributed by atoms with Crippen LogP contribution in [0.4, 0.5) is 5.00 Å². The SMILES string of the molecule is CNc1snnc1COc1c(Br)cc(Br)cc1Br. The average Bonchev–Trinajstić information content (AvgIpc) is 2.75. The van der Waals surface area contributed by atoms with Crippen molar-refractivity contribution in [1.82, 2.24) is 9.59 Å². The highest BCUT2D eigenvalue weighted by atomic mass is 79.9. The molecular weight excluding hydrogens is 450 g/mol. The van der Waals surface area contributed by atoms with Gasteiger partial charge in [0.1, 0.15) is 23.1 Å². The molecule has 0 spiro atoms. The number of hydrogen-bond donors (Lipinski definition) is 1. The third kappa shape index (κ3) is 3.23. The van der Waals surface area contributed by atoms with Crippen LogP contribution in [0.1, 0.15) is 5.69 Å². The molecule has 8 heteroatoms. The van der Waals surface area contributed by atoms with Gasteiger partial charge in [-0.15, -0.1) is 5.10 Å². The summed E-state index contributed by atoms with van der Waals surface area (Å²) in [7, 11) is 1.84. The Balaban J connectivity index is 2.16. The molecule has 1 aromatic heterocycles. The standard InChI is InChI=1S/C10H8Br3N3OS/c1-14-10-8(15-16-18-10)4-17-9-6(12)2-5(11)3-7(9)13/h2-3,14H,4H2,1H3. The summed E-state index contributed by atoms with van der Waals surface area (Å²) in [6.07, 6.45) is 0. The first kappa shape index (κ1) is 14.2. The van der Waals surface area contributed by atoms with E-state index in [2.05, 4.69) is 62.7 Å². The van der Waals surface area contributed by atoms with Crippen LogP contribution in [0.25, 0.3) is 0 Å². The Morgan fingerprint density at radius 3 is 2.56 bits per heavy atom. The summed E-state index contributed by atoms with van der Waals surface area (Å²) < 4.78 is 12.4. The highest BCUT2D eigenvalue weighted by molar-refractivity contribution is 9.11. The molecule has 0 atom stereocenters. The van der Waals surface area contributed by atoms with Gasteiger partial charge >= 0.3 is 0 Å². The topological polar surface area (TPSA) is 47.0 Å². The van der Waals surface area contributed by atoms with Gasteiger partial charge in [0.2, 0.25) is 0 Å². The number of nitrogens with one attached hydrogen (secondary N) is 1. The number of ether oxygens (including phenoxy) is 1. The molecule has 0 unspecified atom stereocenters. The van der Waals surface area contributed by atoms with Crippen molar-refractivity contribution >= 4 is 64.3 Å². The Labute approximate surface area is 134 Å². The molecule has 96 valence electrons. The molecule has 0 saturated carbocycles. The number of aromatic nitrogens is 2. The predicted molar refractivity (Wildman–Crippen MR) is 83.3 cm³/mol. The third-order valence-corrected chi connectivity index (χ3v) is 4.52. The van der Waals surface area contributed by atoms with Crippen molar-refractivity contribution in [2.24, 2.45) is 0 Å². The first-order valence-electron chi connectivity index (χ1n) is 4.88. The summed E-state index contributed by atoms with van der Waals surface area (Å²) in [5.74, 6) is 0.744. The fourth-order valence-electron chi connectivity index (χ4n) is 1.30. The van der Waals surface area contributed by atoms with Crippen LogP contribution in [0.5, 0.6) is 5.75 Å². The summed E-state index contributed by atoms with van der Waals surface area (Å²) in [6.45, 7) is 0.367. The maximum absolute atomic E-state index is 5.76. The van der Waals surface area contributed by atoms with Crippen LogP contribution in [0.2, 0.25) is 0 Å². The van der Waals surface area contributed by atoms with Gasteiger partial charge in [0, 0.05) is 23.1 Å². The van der Waals surface area contributed by atoms with Gasteiger partial charge in [-0.05, 0) is 44.0 Å². The van der Waals surface area contributed by atoms with E-state index in [0.29, 0.717) is 6.61 Å². The van der Waals surface area contributed by atoms with E-state index >= 15 is 0 Å². The zero-order valence-corrected chi connectivity index (χ0v) is 14.8. The molecule has 2 rings (SSSR count). The average molecular weight is 458 g/mol. The third-order valence-electron chi connectivity index (χ3n) is 2.10. The number of hydrogen-bond acceptors (Lipinski definition) is 5. The molecule has 0 aliphatic heterocycles. The van der Waals surface area contributed by atoms with E-state index < -0.39 is 0 Å². The van der Waals surface area contributed by atoms with Crippen LogP contribution in [-0.4, -0.2) is 16.6 Å². The maximum atomic E-state index is 5.76. The fourth-order valence-corrected chi connectivity index (χ4v) is 4.31. The Kier molecular flexibility index (Phi) is 4.99. The second-order valence-corrected chi connectivity index (χ2v) is 6.66. The Morgan fingerprint density at radius 2 is 1.94 bits per heavy atom. The first-order valence-corrected chi connectivity index (χ1v) is 8.03. The maximum Gasteiger partial charge on any atom is 0.148 e. The lowest BCUT2D eigenvalue weighted by Crippen LogP contribution is -2.00. The summed E-state index contributed by atoms with van der Waals surface area (Å²) in [6, 6.07) is 3.86. The molecule has 1 heterocycles. The summed E-state index contributed by atoms with van der Waals surface area (Å²) >= 11 is 11.7. The zero-order valence-electron chi connectivity index (χ0n) is 9.21. The minimum absolute atomic E-state index is 0.367. The minimum atomic E-state index is 0.367. The Bertz CT molecular complexity index is 538. The molecule has 0 amide bonds. The molecule has 0 aliphatic rings. The molecule has 0 radical (unpaired) electrons. The van der Waals surface area contributed by atoms with Crippen molar-refractivity contribution in [1.29, 1.82) is 0 Å². The van der Waals surface area contributed by atoms with E-state index in [1.54, 1.807) is 0 Å². The van der Waals surface area contributed by atoms with Crippen molar-refractivity contribution in [2.45, 2.75) is 6.61 Å². The second kappa shape index (κ2) is 6.31. The van der Waals surface area contributed by atoms with Gasteiger partial charge < -0.3 is 10.1 Å². The fraction of sp³-hybridized carbons (Fsp3) is 0.200. The molecule has 0 fully saturated rings. The van der Waals surface area contributed by atoms with Crippen molar-refractivity contribution in [3.05, 3.63) is 31.2 Å². The van der Waals surface area contributed by atoms with E-state index in [9.17, 15) is 0 Å². The molecule has 1 N–H and O–H groups in total.